The van der Waals surface area contributed by atoms with Crippen LogP contribution in [0, 0.1) is 0 Å². The van der Waals surface area contributed by atoms with Gasteiger partial charge in [0.05, 0.1) is 11.2 Å². The van der Waals surface area contributed by atoms with Crippen molar-refractivity contribution in [2.24, 2.45) is 0 Å². The number of pyridine rings is 1. The van der Waals surface area contributed by atoms with Crippen LogP contribution < -0.4 is 0 Å². The van der Waals surface area contributed by atoms with Crippen molar-refractivity contribution in [3.8, 4) is 56.5 Å². The van der Waals surface area contributed by atoms with Crippen LogP contribution in [0.4, 0.5) is 0 Å². The molecule has 0 aliphatic rings. The maximum absolute atomic E-state index is 6.85. The van der Waals surface area contributed by atoms with Gasteiger partial charge in [-0.2, -0.15) is 0 Å². The van der Waals surface area contributed by atoms with Gasteiger partial charge in [0.15, 0.2) is 17.5 Å². The monoisotopic (exact) mass is 752 g/mol. The first-order chi connectivity index (χ1) is 29.2. The summed E-state index contributed by atoms with van der Waals surface area (Å²) in [5.41, 5.74) is 9.42. The number of aromatic nitrogens is 4. The third kappa shape index (κ3) is 5.55. The van der Waals surface area contributed by atoms with Gasteiger partial charge < -0.3 is 4.42 Å². The Kier molecular flexibility index (Phi) is 7.47. The number of fused-ring (bicyclic) bond motifs is 9. The summed E-state index contributed by atoms with van der Waals surface area (Å²) in [6.45, 7) is 0. The predicted octanol–water partition coefficient (Wildman–Crippen LogP) is 14.1. The maximum Gasteiger partial charge on any atom is 0.164 e. The van der Waals surface area contributed by atoms with E-state index in [-0.39, 0.29) is 0 Å². The van der Waals surface area contributed by atoms with E-state index in [1.165, 1.54) is 10.8 Å². The van der Waals surface area contributed by atoms with E-state index in [1.54, 1.807) is 0 Å². The second-order valence-corrected chi connectivity index (χ2v) is 15.0. The first-order valence-electron chi connectivity index (χ1n) is 19.8. The van der Waals surface area contributed by atoms with Crippen molar-refractivity contribution in [3.05, 3.63) is 194 Å². The maximum atomic E-state index is 6.85. The summed E-state index contributed by atoms with van der Waals surface area (Å²) in [5, 5.41) is 10.1. The van der Waals surface area contributed by atoms with Crippen LogP contribution in [0.5, 0.6) is 0 Å². The van der Waals surface area contributed by atoms with E-state index in [4.69, 9.17) is 24.4 Å². The molecule has 12 aromatic rings. The van der Waals surface area contributed by atoms with Crippen LogP contribution in [0.15, 0.2) is 199 Å². The number of rotatable bonds is 5. The van der Waals surface area contributed by atoms with Gasteiger partial charge in [0.1, 0.15) is 11.2 Å². The number of furan rings is 1. The molecule has 9 aromatic carbocycles. The molecule has 0 saturated carbocycles. The van der Waals surface area contributed by atoms with Gasteiger partial charge in [-0.15, -0.1) is 0 Å². The van der Waals surface area contributed by atoms with E-state index in [1.807, 2.05) is 6.07 Å². The van der Waals surface area contributed by atoms with Crippen LogP contribution in [0.25, 0.3) is 122 Å². The normalized spacial score (nSPS) is 11.7. The van der Waals surface area contributed by atoms with Crippen LogP contribution in [-0.2, 0) is 0 Å². The predicted molar refractivity (Wildman–Crippen MR) is 242 cm³/mol. The molecule has 274 valence electrons. The second kappa shape index (κ2) is 13.3. The molecule has 0 aliphatic heterocycles. The Hall–Kier alpha value is -8.02. The van der Waals surface area contributed by atoms with Gasteiger partial charge >= 0.3 is 0 Å². The first-order valence-corrected chi connectivity index (χ1v) is 19.8. The molecule has 59 heavy (non-hydrogen) atoms. The van der Waals surface area contributed by atoms with E-state index < -0.39 is 0 Å². The second-order valence-electron chi connectivity index (χ2n) is 15.0. The SMILES string of the molecule is c1ccc(-c2nc3ccccc3c3c2ccc2oc4c(-c5cccc(-c6nc(-c7ccc8ccccc8c7)nc(-c7ccc8ccccc8c7)n6)c5)cccc4c23)cc1. The summed E-state index contributed by atoms with van der Waals surface area (Å²) in [4.78, 5) is 20.6. The van der Waals surface area contributed by atoms with Gasteiger partial charge in [0.2, 0.25) is 0 Å². The van der Waals surface area contributed by atoms with Crippen LogP contribution in [0.2, 0.25) is 0 Å². The summed E-state index contributed by atoms with van der Waals surface area (Å²) in [7, 11) is 0. The van der Waals surface area contributed by atoms with E-state index in [0.29, 0.717) is 17.5 Å². The minimum Gasteiger partial charge on any atom is -0.455 e. The number of para-hydroxylation sites is 2. The summed E-state index contributed by atoms with van der Waals surface area (Å²) in [6.07, 6.45) is 0. The van der Waals surface area contributed by atoms with Crippen molar-refractivity contribution < 1.29 is 4.42 Å². The quantitative estimate of drug-likeness (QED) is 0.164. The molecule has 0 N–H and O–H groups in total. The first kappa shape index (κ1) is 33.2. The molecule has 3 aromatic heterocycles. The Morgan fingerprint density at radius 3 is 1.59 bits per heavy atom. The lowest BCUT2D eigenvalue weighted by molar-refractivity contribution is 0.670. The van der Waals surface area contributed by atoms with Crippen molar-refractivity contribution in [1.82, 2.24) is 19.9 Å². The van der Waals surface area contributed by atoms with E-state index in [0.717, 1.165) is 93.5 Å². The summed E-state index contributed by atoms with van der Waals surface area (Å²) >= 11 is 0. The average molecular weight is 753 g/mol. The highest BCUT2D eigenvalue weighted by Crippen LogP contribution is 2.44. The summed E-state index contributed by atoms with van der Waals surface area (Å²) < 4.78 is 6.85. The van der Waals surface area contributed by atoms with Gasteiger partial charge in [-0.3, -0.25) is 0 Å². The molecule has 0 unspecified atom stereocenters. The molecule has 0 fully saturated rings. The summed E-state index contributed by atoms with van der Waals surface area (Å²) in [5.74, 6) is 1.85. The number of nitrogens with zero attached hydrogens (tertiary/aromatic N) is 4. The van der Waals surface area contributed by atoms with Crippen molar-refractivity contribution >= 4 is 65.2 Å². The fourth-order valence-corrected chi connectivity index (χ4v) is 8.62. The highest BCUT2D eigenvalue weighted by molar-refractivity contribution is 6.29. The lowest BCUT2D eigenvalue weighted by atomic mass is 9.95. The molecule has 0 radical (unpaired) electrons. The largest absolute Gasteiger partial charge is 0.455 e. The Bertz CT molecular complexity index is 3530. The van der Waals surface area contributed by atoms with Gasteiger partial charge in [0.25, 0.3) is 0 Å². The third-order valence-corrected chi connectivity index (χ3v) is 11.5. The lowest BCUT2D eigenvalue weighted by Gasteiger charge is -2.11. The topological polar surface area (TPSA) is 64.7 Å². The number of hydrogen-bond donors (Lipinski definition) is 0. The van der Waals surface area contributed by atoms with Gasteiger partial charge in [-0.05, 0) is 63.5 Å². The van der Waals surface area contributed by atoms with Crippen molar-refractivity contribution in [2.75, 3.05) is 0 Å². The highest BCUT2D eigenvalue weighted by atomic mass is 16.3. The van der Waals surface area contributed by atoms with Crippen molar-refractivity contribution in [1.29, 1.82) is 0 Å². The van der Waals surface area contributed by atoms with Gasteiger partial charge in [0, 0.05) is 54.7 Å². The molecule has 0 atom stereocenters. The molecular formula is C54H32N4O. The smallest absolute Gasteiger partial charge is 0.164 e. The Balaban J connectivity index is 1.04. The third-order valence-electron chi connectivity index (χ3n) is 11.5. The minimum absolute atomic E-state index is 0.600. The van der Waals surface area contributed by atoms with Crippen molar-refractivity contribution in [2.45, 2.75) is 0 Å². The molecule has 5 nitrogen and oxygen atoms in total. The zero-order valence-corrected chi connectivity index (χ0v) is 31.7. The number of benzene rings is 9. The molecular weight excluding hydrogens is 721 g/mol. The molecule has 0 amide bonds. The van der Waals surface area contributed by atoms with Crippen LogP contribution >= 0.6 is 0 Å². The minimum atomic E-state index is 0.600. The van der Waals surface area contributed by atoms with Crippen LogP contribution in [-0.4, -0.2) is 19.9 Å². The Labute approximate surface area is 338 Å². The van der Waals surface area contributed by atoms with Gasteiger partial charge in [-0.25, -0.2) is 19.9 Å². The average Bonchev–Trinajstić information content (AvgIpc) is 3.70. The highest BCUT2D eigenvalue weighted by Gasteiger charge is 2.20. The molecule has 12 rings (SSSR count). The molecule has 0 saturated heterocycles. The molecule has 5 heteroatoms. The van der Waals surface area contributed by atoms with Crippen molar-refractivity contribution in [3.63, 3.8) is 0 Å². The molecule has 0 bridgehead atoms. The van der Waals surface area contributed by atoms with E-state index >= 15 is 0 Å². The summed E-state index contributed by atoms with van der Waals surface area (Å²) in [6, 6.07) is 67.4. The van der Waals surface area contributed by atoms with E-state index in [9.17, 15) is 0 Å². The number of hydrogen-bond acceptors (Lipinski definition) is 5. The Morgan fingerprint density at radius 2 is 0.881 bits per heavy atom. The molecule has 0 spiro atoms. The standard InChI is InChI=1S/C54H32N4O/c1-2-14-35(15-3-1)50-44-28-29-47-49(48(44)43-20-8-9-23-46(43)55-50)45-22-11-21-42(51(45)59-47)38-18-10-19-39(32-38)52-56-53(40-26-24-33-12-4-6-16-36(33)30-40)58-54(57-52)41-27-25-34-13-5-7-17-37(34)31-41/h1-32H. The lowest BCUT2D eigenvalue weighted by Crippen LogP contribution is -2.00. The van der Waals surface area contributed by atoms with Gasteiger partial charge in [-0.1, -0.05) is 158 Å². The Morgan fingerprint density at radius 1 is 0.322 bits per heavy atom. The zero-order chi connectivity index (χ0) is 38.9. The van der Waals surface area contributed by atoms with Crippen LogP contribution in [0.1, 0.15) is 0 Å². The molecule has 3 heterocycles. The fraction of sp³-hybridized carbons (Fsp3) is 0. The van der Waals surface area contributed by atoms with E-state index in [2.05, 4.69) is 188 Å². The van der Waals surface area contributed by atoms with Crippen LogP contribution in [0.3, 0.4) is 0 Å². The fourth-order valence-electron chi connectivity index (χ4n) is 8.62. The molecule has 0 aliphatic carbocycles. The zero-order valence-electron chi connectivity index (χ0n) is 31.7.